The highest BCUT2D eigenvalue weighted by molar-refractivity contribution is 14.1. The van der Waals surface area contributed by atoms with Gasteiger partial charge in [0.1, 0.15) is 0 Å². The Kier molecular flexibility index (Phi) is 4.22. The van der Waals surface area contributed by atoms with Crippen molar-refractivity contribution in [1.29, 1.82) is 0 Å². The Hall–Kier alpha value is -1.46. The molecule has 0 aliphatic carbocycles. The molecule has 2 nitrogen and oxygen atoms in total. The van der Waals surface area contributed by atoms with Gasteiger partial charge in [-0.2, -0.15) is 0 Å². The average molecular weight is 388 g/mol. The molecule has 1 aromatic heterocycles. The Labute approximate surface area is 138 Å². The van der Waals surface area contributed by atoms with E-state index in [-0.39, 0.29) is 6.04 Å². The summed E-state index contributed by atoms with van der Waals surface area (Å²) in [4.78, 5) is 4.57. The SMILES string of the molecule is CNC(c1cccc(I)c1)c1ccc2nc(C)ccc2c1. The summed E-state index contributed by atoms with van der Waals surface area (Å²) in [7, 11) is 2.00. The predicted molar refractivity (Wildman–Crippen MR) is 96.5 cm³/mol. The van der Waals surface area contributed by atoms with Crippen LogP contribution in [0.2, 0.25) is 0 Å². The van der Waals surface area contributed by atoms with E-state index in [1.165, 1.54) is 20.1 Å². The molecule has 1 unspecified atom stereocenters. The maximum absolute atomic E-state index is 4.57. The Morgan fingerprint density at radius 1 is 1.00 bits per heavy atom. The molecule has 0 aliphatic heterocycles. The van der Waals surface area contributed by atoms with E-state index in [0.29, 0.717) is 0 Å². The van der Waals surface area contributed by atoms with Crippen molar-refractivity contribution in [1.82, 2.24) is 10.3 Å². The van der Waals surface area contributed by atoms with Crippen LogP contribution in [0, 0.1) is 10.5 Å². The minimum absolute atomic E-state index is 0.199. The molecule has 1 atom stereocenters. The van der Waals surface area contributed by atoms with E-state index >= 15 is 0 Å². The number of halogens is 1. The number of hydrogen-bond acceptors (Lipinski definition) is 2. The van der Waals surface area contributed by atoms with Crippen molar-refractivity contribution >= 4 is 33.5 Å². The molecule has 21 heavy (non-hydrogen) atoms. The molecule has 0 spiro atoms. The molecule has 0 bridgehead atoms. The molecular formula is C18H17IN2. The van der Waals surface area contributed by atoms with Crippen LogP contribution in [0.3, 0.4) is 0 Å². The van der Waals surface area contributed by atoms with E-state index in [1.807, 2.05) is 14.0 Å². The van der Waals surface area contributed by atoms with Crippen LogP contribution < -0.4 is 5.32 Å². The van der Waals surface area contributed by atoms with E-state index in [0.717, 1.165) is 11.2 Å². The molecule has 2 aromatic carbocycles. The largest absolute Gasteiger partial charge is 0.309 e. The molecule has 0 fully saturated rings. The molecule has 3 rings (SSSR count). The summed E-state index contributed by atoms with van der Waals surface area (Å²) in [6.45, 7) is 2.02. The van der Waals surface area contributed by atoms with Crippen LogP contribution in [0.5, 0.6) is 0 Å². The molecule has 106 valence electrons. The first kappa shape index (κ1) is 14.5. The Morgan fingerprint density at radius 3 is 2.57 bits per heavy atom. The van der Waals surface area contributed by atoms with Gasteiger partial charge in [0.2, 0.25) is 0 Å². The van der Waals surface area contributed by atoms with Gasteiger partial charge in [0.25, 0.3) is 0 Å². The fourth-order valence-corrected chi connectivity index (χ4v) is 3.20. The third-order valence-corrected chi connectivity index (χ3v) is 4.33. The lowest BCUT2D eigenvalue weighted by atomic mass is 9.97. The van der Waals surface area contributed by atoms with Crippen LogP contribution in [0.15, 0.2) is 54.6 Å². The molecular weight excluding hydrogens is 371 g/mol. The lowest BCUT2D eigenvalue weighted by Crippen LogP contribution is -2.17. The van der Waals surface area contributed by atoms with E-state index in [2.05, 4.69) is 87.5 Å². The maximum atomic E-state index is 4.57. The van der Waals surface area contributed by atoms with Gasteiger partial charge in [-0.25, -0.2) is 0 Å². The van der Waals surface area contributed by atoms with Crippen LogP contribution in [0.4, 0.5) is 0 Å². The fraction of sp³-hybridized carbons (Fsp3) is 0.167. The van der Waals surface area contributed by atoms with Crippen molar-refractivity contribution in [2.75, 3.05) is 7.05 Å². The van der Waals surface area contributed by atoms with Gasteiger partial charge in [0.05, 0.1) is 11.6 Å². The first-order valence-corrected chi connectivity index (χ1v) is 8.05. The second-order valence-electron chi connectivity index (χ2n) is 5.18. The van der Waals surface area contributed by atoms with E-state index in [1.54, 1.807) is 0 Å². The van der Waals surface area contributed by atoms with Gasteiger partial charge in [-0.15, -0.1) is 0 Å². The summed E-state index contributed by atoms with van der Waals surface area (Å²) in [5.41, 5.74) is 4.65. The summed E-state index contributed by atoms with van der Waals surface area (Å²) in [6, 6.07) is 19.5. The lowest BCUT2D eigenvalue weighted by molar-refractivity contribution is 0.692. The van der Waals surface area contributed by atoms with Gasteiger partial charge >= 0.3 is 0 Å². The molecule has 3 aromatic rings. The number of benzene rings is 2. The molecule has 0 saturated heterocycles. The summed E-state index contributed by atoms with van der Waals surface area (Å²) >= 11 is 2.35. The van der Waals surface area contributed by atoms with Gasteiger partial charge in [-0.05, 0) is 78.0 Å². The van der Waals surface area contributed by atoms with Crippen LogP contribution in [0.25, 0.3) is 10.9 Å². The second kappa shape index (κ2) is 6.12. The number of aromatic nitrogens is 1. The molecule has 0 amide bonds. The number of fused-ring (bicyclic) bond motifs is 1. The highest BCUT2D eigenvalue weighted by atomic mass is 127. The van der Waals surface area contributed by atoms with Gasteiger partial charge in [-0.3, -0.25) is 4.98 Å². The normalized spacial score (nSPS) is 12.5. The second-order valence-corrected chi connectivity index (χ2v) is 6.43. The molecule has 0 radical (unpaired) electrons. The van der Waals surface area contributed by atoms with Crippen molar-refractivity contribution in [3.05, 3.63) is 75.0 Å². The van der Waals surface area contributed by atoms with E-state index in [9.17, 15) is 0 Å². The number of rotatable bonds is 3. The highest BCUT2D eigenvalue weighted by Crippen LogP contribution is 2.26. The zero-order valence-corrected chi connectivity index (χ0v) is 14.3. The van der Waals surface area contributed by atoms with Crippen molar-refractivity contribution < 1.29 is 0 Å². The minimum Gasteiger partial charge on any atom is -0.309 e. The third kappa shape index (κ3) is 3.09. The van der Waals surface area contributed by atoms with Crippen LogP contribution >= 0.6 is 22.6 Å². The zero-order chi connectivity index (χ0) is 14.8. The average Bonchev–Trinajstić information content (AvgIpc) is 2.48. The first-order chi connectivity index (χ1) is 10.2. The number of hydrogen-bond donors (Lipinski definition) is 1. The van der Waals surface area contributed by atoms with Crippen molar-refractivity contribution in [2.45, 2.75) is 13.0 Å². The fourth-order valence-electron chi connectivity index (χ4n) is 2.64. The zero-order valence-electron chi connectivity index (χ0n) is 12.1. The Morgan fingerprint density at radius 2 is 1.81 bits per heavy atom. The molecule has 0 saturated carbocycles. The number of pyridine rings is 1. The summed E-state index contributed by atoms with van der Waals surface area (Å²) < 4.78 is 1.25. The van der Waals surface area contributed by atoms with Crippen molar-refractivity contribution in [2.24, 2.45) is 0 Å². The van der Waals surface area contributed by atoms with Gasteiger partial charge in [-0.1, -0.05) is 24.3 Å². The van der Waals surface area contributed by atoms with E-state index < -0.39 is 0 Å². The van der Waals surface area contributed by atoms with Crippen LogP contribution in [-0.4, -0.2) is 12.0 Å². The molecule has 3 heteroatoms. The monoisotopic (exact) mass is 388 g/mol. The summed E-state index contributed by atoms with van der Waals surface area (Å²) in [5, 5.41) is 4.60. The topological polar surface area (TPSA) is 24.9 Å². The Bertz CT molecular complexity index is 783. The van der Waals surface area contributed by atoms with Gasteiger partial charge in [0, 0.05) is 14.7 Å². The number of nitrogens with one attached hydrogen (secondary N) is 1. The van der Waals surface area contributed by atoms with Gasteiger partial charge < -0.3 is 5.32 Å². The smallest absolute Gasteiger partial charge is 0.0705 e. The lowest BCUT2D eigenvalue weighted by Gasteiger charge is -2.18. The quantitative estimate of drug-likeness (QED) is 0.671. The van der Waals surface area contributed by atoms with E-state index in [4.69, 9.17) is 0 Å². The highest BCUT2D eigenvalue weighted by Gasteiger charge is 2.12. The molecule has 0 aliphatic rings. The standard InChI is InChI=1S/C18H17IN2/c1-12-6-7-13-10-15(8-9-17(13)21-12)18(20-2)14-4-3-5-16(19)11-14/h3-11,18,20H,1-2H3. The Balaban J connectivity index is 2.06. The number of aryl methyl sites for hydroxylation is 1. The number of nitrogens with zero attached hydrogens (tertiary/aromatic N) is 1. The first-order valence-electron chi connectivity index (χ1n) is 6.97. The van der Waals surface area contributed by atoms with Crippen LogP contribution in [0.1, 0.15) is 22.9 Å². The maximum Gasteiger partial charge on any atom is 0.0705 e. The summed E-state index contributed by atoms with van der Waals surface area (Å²) in [6.07, 6.45) is 0. The molecule has 1 N–H and O–H groups in total. The predicted octanol–water partition coefficient (Wildman–Crippen LogP) is 4.46. The summed E-state index contributed by atoms with van der Waals surface area (Å²) in [5.74, 6) is 0. The minimum atomic E-state index is 0.199. The molecule has 1 heterocycles. The van der Waals surface area contributed by atoms with Crippen molar-refractivity contribution in [3.63, 3.8) is 0 Å². The third-order valence-electron chi connectivity index (χ3n) is 3.66. The van der Waals surface area contributed by atoms with Gasteiger partial charge in [0.15, 0.2) is 0 Å². The van der Waals surface area contributed by atoms with Crippen molar-refractivity contribution in [3.8, 4) is 0 Å². The van der Waals surface area contributed by atoms with Crippen LogP contribution in [-0.2, 0) is 0 Å².